The predicted octanol–water partition coefficient (Wildman–Crippen LogP) is 1.93. The Bertz CT molecular complexity index is 1100. The van der Waals surface area contributed by atoms with Crippen molar-refractivity contribution in [2.45, 2.75) is 12.1 Å². The van der Waals surface area contributed by atoms with Gasteiger partial charge in [0.1, 0.15) is 5.75 Å². The summed E-state index contributed by atoms with van der Waals surface area (Å²) in [5.74, 6) is 5.39. The van der Waals surface area contributed by atoms with Crippen molar-refractivity contribution in [3.8, 4) is 17.6 Å². The largest absolute Gasteiger partial charge is 0.497 e. The number of nitrogens with one attached hydrogen (secondary N) is 2. The van der Waals surface area contributed by atoms with Crippen molar-refractivity contribution < 1.29 is 19.1 Å². The fraction of sp³-hybridized carbons (Fsp3) is 0.190. The normalized spacial score (nSPS) is 19.9. The van der Waals surface area contributed by atoms with E-state index in [0.717, 1.165) is 5.56 Å². The molecular formula is C21H16ClN3O4. The smallest absolute Gasteiger partial charge is 0.323 e. The molecule has 29 heavy (non-hydrogen) atoms. The van der Waals surface area contributed by atoms with E-state index in [0.29, 0.717) is 28.4 Å². The molecule has 0 saturated carbocycles. The van der Waals surface area contributed by atoms with Crippen molar-refractivity contribution in [1.82, 2.24) is 15.5 Å². The summed E-state index contributed by atoms with van der Waals surface area (Å²) in [6, 6.07) is 11.5. The van der Waals surface area contributed by atoms with Crippen LogP contribution in [0.4, 0.5) is 4.79 Å². The summed E-state index contributed by atoms with van der Waals surface area (Å²) in [4.78, 5) is 38.8. The number of imide groups is 1. The van der Waals surface area contributed by atoms with E-state index in [2.05, 4.69) is 22.5 Å². The number of hydrogen-bond donors (Lipinski definition) is 2. The summed E-state index contributed by atoms with van der Waals surface area (Å²) in [7, 11) is 1.52. The lowest BCUT2D eigenvalue weighted by atomic mass is 9.99. The highest BCUT2D eigenvalue weighted by atomic mass is 35.5. The fourth-order valence-electron chi connectivity index (χ4n) is 3.35. The van der Waals surface area contributed by atoms with E-state index in [1.165, 1.54) is 12.0 Å². The maximum atomic E-state index is 12.9. The molecule has 146 valence electrons. The number of urea groups is 1. The molecule has 0 unspecified atom stereocenters. The lowest BCUT2D eigenvalue weighted by Crippen LogP contribution is -2.54. The number of carbonyl (C=O) groups excluding carboxylic acids is 3. The van der Waals surface area contributed by atoms with E-state index in [4.69, 9.17) is 16.3 Å². The molecule has 8 heteroatoms. The highest BCUT2D eigenvalue weighted by molar-refractivity contribution is 6.31. The number of amides is 4. The molecule has 2 aliphatic heterocycles. The Balaban J connectivity index is 1.66. The lowest BCUT2D eigenvalue weighted by Gasteiger charge is -2.26. The molecule has 2 aromatic rings. The molecule has 0 spiro atoms. The molecule has 7 nitrogen and oxygen atoms in total. The zero-order valence-corrected chi connectivity index (χ0v) is 16.2. The number of nitrogens with zero attached hydrogens (tertiary/aromatic N) is 1. The molecule has 1 saturated heterocycles. The molecule has 2 heterocycles. The Morgan fingerprint density at radius 1 is 1.21 bits per heavy atom. The van der Waals surface area contributed by atoms with E-state index in [-0.39, 0.29) is 12.5 Å². The Kier molecular flexibility index (Phi) is 4.65. The molecule has 0 aromatic heterocycles. The van der Waals surface area contributed by atoms with Crippen molar-refractivity contribution in [2.24, 2.45) is 0 Å². The van der Waals surface area contributed by atoms with Crippen LogP contribution in [-0.2, 0) is 11.3 Å². The third-order valence-corrected chi connectivity index (χ3v) is 5.18. The zero-order valence-electron chi connectivity index (χ0n) is 15.4. The third kappa shape index (κ3) is 3.39. The minimum absolute atomic E-state index is 0.0994. The molecule has 4 amide bonds. The summed E-state index contributed by atoms with van der Waals surface area (Å²) in [6.45, 7) is 0.203. The summed E-state index contributed by atoms with van der Waals surface area (Å²) < 4.78 is 5.18. The Hall–Kier alpha value is -3.50. The van der Waals surface area contributed by atoms with Crippen molar-refractivity contribution in [1.29, 1.82) is 0 Å². The summed E-state index contributed by atoms with van der Waals surface area (Å²) in [5, 5.41) is 5.20. The Morgan fingerprint density at radius 3 is 2.69 bits per heavy atom. The first-order valence-electron chi connectivity index (χ1n) is 8.79. The molecule has 2 N–H and O–H groups in total. The molecule has 0 bridgehead atoms. The van der Waals surface area contributed by atoms with E-state index in [1.54, 1.807) is 36.4 Å². The number of methoxy groups -OCH3 is 1. The van der Waals surface area contributed by atoms with Gasteiger partial charge in [0.25, 0.3) is 11.8 Å². The molecule has 1 atom stereocenters. The van der Waals surface area contributed by atoms with Crippen LogP contribution < -0.4 is 15.4 Å². The van der Waals surface area contributed by atoms with E-state index in [1.807, 2.05) is 6.07 Å². The summed E-state index contributed by atoms with van der Waals surface area (Å²) in [6.07, 6.45) is 0. The first kappa shape index (κ1) is 18.8. The van der Waals surface area contributed by atoms with Gasteiger partial charge in [-0.2, -0.15) is 0 Å². The number of halogens is 1. The first-order chi connectivity index (χ1) is 13.9. The van der Waals surface area contributed by atoms with Gasteiger partial charge < -0.3 is 15.0 Å². The third-order valence-electron chi connectivity index (χ3n) is 4.85. The number of hydrogen-bond acceptors (Lipinski definition) is 4. The van der Waals surface area contributed by atoms with E-state index >= 15 is 0 Å². The van der Waals surface area contributed by atoms with Crippen LogP contribution in [0.25, 0.3) is 0 Å². The highest BCUT2D eigenvalue weighted by Gasteiger charge is 2.48. The maximum absolute atomic E-state index is 12.9. The lowest BCUT2D eigenvalue weighted by molar-refractivity contribution is -0.122. The van der Waals surface area contributed by atoms with Crippen LogP contribution in [0.2, 0.25) is 5.02 Å². The van der Waals surface area contributed by atoms with Gasteiger partial charge in [-0.1, -0.05) is 41.6 Å². The molecule has 0 aliphatic carbocycles. The van der Waals surface area contributed by atoms with Crippen molar-refractivity contribution in [3.05, 3.63) is 64.2 Å². The van der Waals surface area contributed by atoms with Crippen LogP contribution in [0.15, 0.2) is 42.5 Å². The topological polar surface area (TPSA) is 87.7 Å². The van der Waals surface area contributed by atoms with Crippen molar-refractivity contribution in [2.75, 3.05) is 13.7 Å². The quantitative estimate of drug-likeness (QED) is 0.599. The van der Waals surface area contributed by atoms with Gasteiger partial charge in [0, 0.05) is 17.7 Å². The molecule has 2 aliphatic rings. The van der Waals surface area contributed by atoms with Gasteiger partial charge in [-0.25, -0.2) is 4.79 Å². The number of benzene rings is 2. The van der Waals surface area contributed by atoms with Crippen LogP contribution in [0.5, 0.6) is 5.75 Å². The highest BCUT2D eigenvalue weighted by Crippen LogP contribution is 2.28. The Morgan fingerprint density at radius 2 is 2.00 bits per heavy atom. The van der Waals surface area contributed by atoms with Crippen LogP contribution in [0, 0.1) is 11.8 Å². The average Bonchev–Trinajstić information content (AvgIpc) is 3.16. The molecular weight excluding hydrogens is 394 g/mol. The fourth-order valence-corrected chi connectivity index (χ4v) is 3.53. The predicted molar refractivity (Wildman–Crippen MR) is 105 cm³/mol. The molecule has 0 radical (unpaired) electrons. The van der Waals surface area contributed by atoms with Gasteiger partial charge in [-0.3, -0.25) is 14.9 Å². The van der Waals surface area contributed by atoms with Crippen LogP contribution in [0.1, 0.15) is 21.5 Å². The second kappa shape index (κ2) is 7.15. The monoisotopic (exact) mass is 409 g/mol. The van der Waals surface area contributed by atoms with Gasteiger partial charge in [0.15, 0.2) is 0 Å². The maximum Gasteiger partial charge on any atom is 0.323 e. The zero-order chi connectivity index (χ0) is 20.6. The Labute approximate surface area is 172 Å². The number of ether oxygens (including phenoxy) is 1. The minimum atomic E-state index is -1.57. The van der Waals surface area contributed by atoms with Gasteiger partial charge in [-0.05, 0) is 29.8 Å². The molecule has 4 rings (SSSR count). The van der Waals surface area contributed by atoms with Crippen molar-refractivity contribution in [3.63, 3.8) is 0 Å². The number of fused-ring (bicyclic) bond motifs is 1. The minimum Gasteiger partial charge on any atom is -0.497 e. The van der Waals surface area contributed by atoms with Gasteiger partial charge in [-0.15, -0.1) is 0 Å². The summed E-state index contributed by atoms with van der Waals surface area (Å²) >= 11 is 6.14. The number of carbonyl (C=O) groups is 3. The van der Waals surface area contributed by atoms with E-state index < -0.39 is 17.5 Å². The SMILES string of the molecule is COc1ccc2c(c1)C(=O)N(C[C@@]1(C#Cc3ccccc3Cl)NC(=O)NC1=O)C2. The van der Waals surface area contributed by atoms with Crippen LogP contribution in [-0.4, -0.2) is 41.9 Å². The van der Waals surface area contributed by atoms with E-state index in [9.17, 15) is 14.4 Å². The second-order valence-electron chi connectivity index (χ2n) is 6.73. The summed E-state index contributed by atoms with van der Waals surface area (Å²) in [5.41, 5.74) is 0.263. The van der Waals surface area contributed by atoms with Crippen LogP contribution >= 0.6 is 11.6 Å². The molecule has 2 aromatic carbocycles. The first-order valence-corrected chi connectivity index (χ1v) is 9.17. The van der Waals surface area contributed by atoms with Gasteiger partial charge in [0.05, 0.1) is 18.7 Å². The van der Waals surface area contributed by atoms with Gasteiger partial charge in [0.2, 0.25) is 5.54 Å². The van der Waals surface area contributed by atoms with Crippen molar-refractivity contribution >= 4 is 29.4 Å². The van der Waals surface area contributed by atoms with Gasteiger partial charge >= 0.3 is 6.03 Å². The molecule has 1 fully saturated rings. The second-order valence-corrected chi connectivity index (χ2v) is 7.13. The standard InChI is InChI=1S/C21H16ClN3O4/c1-29-15-7-6-14-11-25(18(26)16(14)10-15)12-21(19(27)23-20(28)24-21)9-8-13-4-2-3-5-17(13)22/h2-7,10H,11-12H2,1H3,(H2,23,24,27,28)/t21-/m1/s1. The average molecular weight is 410 g/mol. The number of rotatable bonds is 3. The van der Waals surface area contributed by atoms with Crippen LogP contribution in [0.3, 0.4) is 0 Å².